The van der Waals surface area contributed by atoms with Crippen LogP contribution < -0.4 is 4.74 Å². The van der Waals surface area contributed by atoms with Gasteiger partial charge in [0.05, 0.1) is 0 Å². The Bertz CT molecular complexity index is 981. The predicted molar refractivity (Wildman–Crippen MR) is 113 cm³/mol. The summed E-state index contributed by atoms with van der Waals surface area (Å²) in [6.07, 6.45) is -0.518. The van der Waals surface area contributed by atoms with Crippen LogP contribution in [0.1, 0.15) is 11.1 Å². The monoisotopic (exact) mass is 386 g/mol. The Hall–Kier alpha value is -3.55. The minimum atomic E-state index is -0.967. The van der Waals surface area contributed by atoms with Gasteiger partial charge in [0, 0.05) is 19.1 Å². The molecule has 146 valence electrons. The number of ether oxygens (including phenoxy) is 2. The van der Waals surface area contributed by atoms with Crippen LogP contribution >= 0.6 is 0 Å². The van der Waals surface area contributed by atoms with Crippen LogP contribution in [0, 0.1) is 11.8 Å². The zero-order valence-corrected chi connectivity index (χ0v) is 16.2. The third kappa shape index (κ3) is 5.97. The minimum absolute atomic E-state index is 0.289. The van der Waals surface area contributed by atoms with E-state index in [9.17, 15) is 4.79 Å². The van der Waals surface area contributed by atoms with E-state index in [4.69, 9.17) is 14.6 Å². The zero-order valence-electron chi connectivity index (χ0n) is 16.2. The highest BCUT2D eigenvalue weighted by Gasteiger charge is 2.16. The number of hydrogen-bond donors (Lipinski definition) is 1. The molecule has 0 heterocycles. The molecule has 0 spiro atoms. The van der Waals surface area contributed by atoms with Gasteiger partial charge in [0.15, 0.2) is 6.10 Å². The largest absolute Gasteiger partial charge is 0.481 e. The summed E-state index contributed by atoms with van der Waals surface area (Å²) in [6.45, 7) is 0.289. The molecule has 0 bridgehead atoms. The molecule has 0 aliphatic carbocycles. The van der Waals surface area contributed by atoms with Gasteiger partial charge in [-0.05, 0) is 41.0 Å². The van der Waals surface area contributed by atoms with Crippen LogP contribution in [0.15, 0.2) is 78.9 Å². The lowest BCUT2D eigenvalue weighted by Crippen LogP contribution is -2.24. The Morgan fingerprint density at radius 2 is 1.59 bits per heavy atom. The van der Waals surface area contributed by atoms with Crippen molar-refractivity contribution in [3.05, 3.63) is 90.0 Å². The molecule has 0 radical (unpaired) electrons. The molecule has 0 saturated carbocycles. The van der Waals surface area contributed by atoms with E-state index in [1.54, 1.807) is 0 Å². The van der Waals surface area contributed by atoms with Crippen molar-refractivity contribution in [2.45, 2.75) is 12.5 Å². The molecule has 4 heteroatoms. The smallest absolute Gasteiger partial charge is 0.333 e. The van der Waals surface area contributed by atoms with E-state index in [0.717, 1.165) is 22.4 Å². The van der Waals surface area contributed by atoms with Gasteiger partial charge in [-0.15, -0.1) is 0 Å². The van der Waals surface area contributed by atoms with E-state index < -0.39 is 12.1 Å². The molecule has 4 nitrogen and oxygen atoms in total. The molecule has 0 saturated heterocycles. The number of aliphatic carboxylic acids is 1. The van der Waals surface area contributed by atoms with Crippen LogP contribution in [0.5, 0.6) is 5.75 Å². The minimum Gasteiger partial charge on any atom is -0.481 e. The maximum absolute atomic E-state index is 11.0. The normalized spacial score (nSPS) is 11.2. The Balaban J connectivity index is 1.52. The second-order valence-corrected chi connectivity index (χ2v) is 6.44. The maximum Gasteiger partial charge on any atom is 0.333 e. The molecule has 29 heavy (non-hydrogen) atoms. The number of methoxy groups -OCH3 is 1. The SMILES string of the molecule is COC(Cc1ccc(C#CCOc2ccc(-c3ccccc3)cc2)cc1)C(=O)O. The molecule has 0 aliphatic heterocycles. The molecule has 0 aromatic heterocycles. The van der Waals surface area contributed by atoms with Crippen LogP contribution in [0.3, 0.4) is 0 Å². The molecule has 0 fully saturated rings. The first-order chi connectivity index (χ1) is 14.2. The van der Waals surface area contributed by atoms with Crippen LogP contribution in [0.25, 0.3) is 11.1 Å². The van der Waals surface area contributed by atoms with Crippen LogP contribution in [-0.4, -0.2) is 30.9 Å². The van der Waals surface area contributed by atoms with Crippen molar-refractivity contribution < 1.29 is 19.4 Å². The number of hydrogen-bond acceptors (Lipinski definition) is 3. The second kappa shape index (κ2) is 10.1. The molecule has 0 amide bonds. The van der Waals surface area contributed by atoms with Gasteiger partial charge in [-0.25, -0.2) is 4.79 Å². The average molecular weight is 386 g/mol. The van der Waals surface area contributed by atoms with E-state index in [1.807, 2.05) is 66.7 Å². The van der Waals surface area contributed by atoms with Gasteiger partial charge in [-0.2, -0.15) is 0 Å². The van der Waals surface area contributed by atoms with E-state index in [-0.39, 0.29) is 6.61 Å². The summed E-state index contributed by atoms with van der Waals surface area (Å²) in [5.41, 5.74) is 4.05. The fourth-order valence-corrected chi connectivity index (χ4v) is 2.84. The molecule has 3 rings (SSSR count). The van der Waals surface area contributed by atoms with Gasteiger partial charge in [-0.3, -0.25) is 0 Å². The van der Waals surface area contributed by atoms with E-state index in [1.165, 1.54) is 12.7 Å². The average Bonchev–Trinajstić information content (AvgIpc) is 2.77. The summed E-state index contributed by atoms with van der Waals surface area (Å²) in [5, 5.41) is 9.04. The van der Waals surface area contributed by atoms with Gasteiger partial charge in [-0.1, -0.05) is 66.4 Å². The van der Waals surface area contributed by atoms with Crippen LogP contribution in [0.4, 0.5) is 0 Å². The van der Waals surface area contributed by atoms with Crippen molar-refractivity contribution >= 4 is 5.97 Å². The molecule has 3 aromatic rings. The van der Waals surface area contributed by atoms with Gasteiger partial charge < -0.3 is 14.6 Å². The summed E-state index contributed by atoms with van der Waals surface area (Å²) in [6, 6.07) is 25.6. The molecule has 1 atom stereocenters. The number of rotatable bonds is 7. The van der Waals surface area contributed by atoms with E-state index in [0.29, 0.717) is 6.42 Å². The molecule has 1 N–H and O–H groups in total. The van der Waals surface area contributed by atoms with E-state index in [2.05, 4.69) is 24.0 Å². The highest BCUT2D eigenvalue weighted by molar-refractivity contribution is 5.72. The second-order valence-electron chi connectivity index (χ2n) is 6.44. The first-order valence-electron chi connectivity index (χ1n) is 9.27. The summed E-state index contributed by atoms with van der Waals surface area (Å²) in [7, 11) is 1.40. The predicted octanol–water partition coefficient (Wildman–Crippen LogP) is 4.43. The summed E-state index contributed by atoms with van der Waals surface area (Å²) in [4.78, 5) is 11.0. The highest BCUT2D eigenvalue weighted by Crippen LogP contribution is 2.21. The number of benzene rings is 3. The van der Waals surface area contributed by atoms with Crippen LogP contribution in [-0.2, 0) is 16.0 Å². The molecular formula is C25H22O4. The summed E-state index contributed by atoms with van der Waals surface area (Å²) >= 11 is 0. The maximum atomic E-state index is 11.0. The Morgan fingerprint density at radius 1 is 0.931 bits per heavy atom. The van der Waals surface area contributed by atoms with Crippen molar-refractivity contribution in [3.8, 4) is 28.7 Å². The Labute approximate surface area is 170 Å². The molecular weight excluding hydrogens is 364 g/mol. The summed E-state index contributed by atoms with van der Waals surface area (Å²) in [5.74, 6) is 5.85. The number of carboxylic acid groups (broad SMARTS) is 1. The van der Waals surface area contributed by atoms with E-state index >= 15 is 0 Å². The lowest BCUT2D eigenvalue weighted by molar-refractivity contribution is -0.148. The standard InChI is InChI=1S/C25H22O4/c1-28-24(25(26)27)18-20-11-9-19(10-12-20)6-5-17-29-23-15-13-22(14-16-23)21-7-3-2-4-8-21/h2-4,7-16,24H,17-18H2,1H3,(H,26,27). The van der Waals surface area contributed by atoms with Crippen LogP contribution in [0.2, 0.25) is 0 Å². The van der Waals surface area contributed by atoms with Crippen molar-refractivity contribution in [1.29, 1.82) is 0 Å². The van der Waals surface area contributed by atoms with Crippen molar-refractivity contribution in [3.63, 3.8) is 0 Å². The van der Waals surface area contributed by atoms with Crippen molar-refractivity contribution in [1.82, 2.24) is 0 Å². The number of carboxylic acids is 1. The lowest BCUT2D eigenvalue weighted by Gasteiger charge is -2.10. The Morgan fingerprint density at radius 3 is 2.21 bits per heavy atom. The first-order valence-corrected chi connectivity index (χ1v) is 9.27. The molecule has 1 unspecified atom stereocenters. The number of carbonyl (C=O) groups is 1. The molecule has 0 aliphatic rings. The van der Waals surface area contributed by atoms with Gasteiger partial charge >= 0.3 is 5.97 Å². The fourth-order valence-electron chi connectivity index (χ4n) is 2.84. The van der Waals surface area contributed by atoms with Gasteiger partial charge in [0.2, 0.25) is 0 Å². The third-order valence-corrected chi connectivity index (χ3v) is 4.44. The lowest BCUT2D eigenvalue weighted by atomic mass is 10.1. The fraction of sp³-hybridized carbons (Fsp3) is 0.160. The van der Waals surface area contributed by atoms with Crippen molar-refractivity contribution in [2.75, 3.05) is 13.7 Å². The molecule has 3 aromatic carbocycles. The zero-order chi connectivity index (χ0) is 20.5. The van der Waals surface area contributed by atoms with Gasteiger partial charge in [0.25, 0.3) is 0 Å². The van der Waals surface area contributed by atoms with Crippen molar-refractivity contribution in [2.24, 2.45) is 0 Å². The van der Waals surface area contributed by atoms with Gasteiger partial charge in [0.1, 0.15) is 12.4 Å². The third-order valence-electron chi connectivity index (χ3n) is 4.44. The highest BCUT2D eigenvalue weighted by atomic mass is 16.5. The topological polar surface area (TPSA) is 55.8 Å². The summed E-state index contributed by atoms with van der Waals surface area (Å²) < 4.78 is 10.6. The Kier molecular flexibility index (Phi) is 7.05. The quantitative estimate of drug-likeness (QED) is 0.611. The first kappa shape index (κ1) is 20.2.